The minimum atomic E-state index is -4.47. The topological polar surface area (TPSA) is 134 Å². The van der Waals surface area contributed by atoms with Gasteiger partial charge in [-0.25, -0.2) is 0 Å². The van der Waals surface area contributed by atoms with E-state index in [2.05, 4.69) is 10.1 Å². The number of pyridine rings is 1. The van der Waals surface area contributed by atoms with Gasteiger partial charge in [-0.15, -0.1) is 11.3 Å². The maximum Gasteiger partial charge on any atom is 0.294 e. The van der Waals surface area contributed by atoms with Gasteiger partial charge in [-0.05, 0) is 49.4 Å². The van der Waals surface area contributed by atoms with Crippen LogP contribution >= 0.6 is 34.7 Å². The number of methoxy groups -OCH3 is 1. The van der Waals surface area contributed by atoms with E-state index in [-0.39, 0.29) is 21.8 Å². The maximum atomic E-state index is 13.5. The average molecular weight is 658 g/mol. The SMILES string of the molecule is COc1ccc2c(c1)N(C)/C(=c1/s/c(=C3/C(=O)N(c4ccc(S(=O)(=O)O)cc4Cl)N=C3C)n(C)c1=O)S2.c1ccncc1. The Kier molecular flexibility index (Phi) is 8.49. The molecule has 4 heterocycles. The third kappa shape index (κ3) is 5.84. The Hall–Kier alpha value is -3.95. The number of hydrogen-bond acceptors (Lipinski definition) is 10. The Balaban J connectivity index is 0.000000548. The number of carbonyl (C=O) groups excluding carboxylic acids is 1. The van der Waals surface area contributed by atoms with Crippen molar-refractivity contribution in [2.75, 3.05) is 24.1 Å². The molecule has 1 N–H and O–H groups in total. The molecule has 222 valence electrons. The number of anilines is 2. The molecule has 2 aliphatic rings. The van der Waals surface area contributed by atoms with Crippen molar-refractivity contribution in [3.63, 3.8) is 0 Å². The quantitative estimate of drug-likeness (QED) is 0.329. The Labute approximate surface area is 259 Å². The van der Waals surface area contributed by atoms with E-state index < -0.39 is 20.9 Å². The lowest BCUT2D eigenvalue weighted by Crippen LogP contribution is -2.33. The molecular weight excluding hydrogens is 634 g/mol. The standard InChI is InChI=1S/C23H19ClN4O6S3.C5H5N/c1-11-18(20(29)28(25-11)15-7-6-13(10-14(15)24)37(31,32)33)22-27(3)21(30)19(36-22)23-26(2)16-9-12(34-4)5-8-17(16)35-23;1-2-4-6-5-3-1/h5-10H,1-4H3,(H,31,32,33);1-5H/b22-18+,23-19-;. The van der Waals surface area contributed by atoms with Gasteiger partial charge in [-0.3, -0.25) is 19.1 Å². The van der Waals surface area contributed by atoms with Crippen LogP contribution in [-0.4, -0.2) is 48.3 Å². The molecule has 0 spiro atoms. The fourth-order valence-electron chi connectivity index (χ4n) is 4.31. The molecule has 1 amide bonds. The monoisotopic (exact) mass is 657 g/mol. The Morgan fingerprint density at radius 2 is 1.72 bits per heavy atom. The zero-order valence-electron chi connectivity index (χ0n) is 23.2. The summed E-state index contributed by atoms with van der Waals surface area (Å²) in [5.74, 6) is 0.183. The number of nitrogens with zero attached hydrogens (tertiary/aromatic N) is 5. The van der Waals surface area contributed by atoms with Crippen LogP contribution in [0.1, 0.15) is 6.92 Å². The molecule has 0 aliphatic carbocycles. The number of amides is 1. The smallest absolute Gasteiger partial charge is 0.294 e. The molecule has 0 saturated carbocycles. The molecule has 4 aromatic rings. The third-order valence-corrected chi connectivity index (χ3v) is 10.2. The molecule has 11 nitrogen and oxygen atoms in total. The molecule has 2 aromatic heterocycles. The van der Waals surface area contributed by atoms with Crippen LogP contribution in [0.25, 0.3) is 10.6 Å². The summed E-state index contributed by atoms with van der Waals surface area (Å²) in [4.78, 5) is 33.1. The largest absolute Gasteiger partial charge is 0.497 e. The predicted molar refractivity (Wildman–Crippen MR) is 169 cm³/mol. The van der Waals surface area contributed by atoms with Gasteiger partial charge in [0.05, 0.1) is 39.7 Å². The van der Waals surface area contributed by atoms with Gasteiger partial charge >= 0.3 is 0 Å². The molecule has 2 aliphatic heterocycles. The summed E-state index contributed by atoms with van der Waals surface area (Å²) >= 11 is 8.88. The highest BCUT2D eigenvalue weighted by Crippen LogP contribution is 2.46. The molecule has 43 heavy (non-hydrogen) atoms. The van der Waals surface area contributed by atoms with Crippen LogP contribution in [0.5, 0.6) is 5.75 Å². The predicted octanol–water partition coefficient (Wildman–Crippen LogP) is 3.32. The van der Waals surface area contributed by atoms with E-state index in [9.17, 15) is 22.6 Å². The van der Waals surface area contributed by atoms with Gasteiger partial charge in [0.15, 0.2) is 0 Å². The van der Waals surface area contributed by atoms with E-state index in [1.165, 1.54) is 33.7 Å². The molecule has 15 heteroatoms. The number of thiazole rings is 1. The molecule has 0 radical (unpaired) electrons. The minimum absolute atomic E-state index is 0.0882. The van der Waals surface area contributed by atoms with E-state index in [4.69, 9.17) is 16.3 Å². The Morgan fingerprint density at radius 1 is 1.00 bits per heavy atom. The van der Waals surface area contributed by atoms with Crippen molar-refractivity contribution in [2.45, 2.75) is 16.7 Å². The van der Waals surface area contributed by atoms with Crippen molar-refractivity contribution >= 4 is 78.4 Å². The normalized spacial score (nSPS) is 17.0. The Bertz CT molecular complexity index is 2050. The first-order valence-corrected chi connectivity index (χ1v) is 15.9. The average Bonchev–Trinajstić information content (AvgIpc) is 3.58. The fourth-order valence-corrected chi connectivity index (χ4v) is 7.65. The number of thioether (sulfide) groups is 1. The number of carbonyl (C=O) groups is 1. The summed E-state index contributed by atoms with van der Waals surface area (Å²) in [6.07, 6.45) is 3.50. The van der Waals surface area contributed by atoms with Gasteiger partial charge in [0, 0.05) is 37.5 Å². The maximum absolute atomic E-state index is 13.5. The summed E-state index contributed by atoms with van der Waals surface area (Å²) in [5.41, 5.74) is 1.40. The van der Waals surface area contributed by atoms with Crippen molar-refractivity contribution in [3.8, 4) is 5.75 Å². The molecule has 0 bridgehead atoms. The van der Waals surface area contributed by atoms with Gasteiger partial charge in [0.2, 0.25) is 0 Å². The molecule has 0 unspecified atom stereocenters. The van der Waals surface area contributed by atoms with Gasteiger partial charge in [0.1, 0.15) is 20.0 Å². The van der Waals surface area contributed by atoms with Gasteiger partial charge in [-0.1, -0.05) is 29.4 Å². The van der Waals surface area contributed by atoms with Crippen LogP contribution in [-0.2, 0) is 22.0 Å². The van der Waals surface area contributed by atoms with E-state index in [1.807, 2.05) is 48.3 Å². The highest BCUT2D eigenvalue weighted by molar-refractivity contribution is 8.08. The van der Waals surface area contributed by atoms with Crippen LogP contribution in [0.2, 0.25) is 5.02 Å². The van der Waals surface area contributed by atoms with Crippen molar-refractivity contribution in [1.82, 2.24) is 9.55 Å². The van der Waals surface area contributed by atoms with Crippen LogP contribution in [0.15, 0.2) is 86.7 Å². The highest BCUT2D eigenvalue weighted by atomic mass is 35.5. The van der Waals surface area contributed by atoms with E-state index in [0.717, 1.165) is 32.8 Å². The number of aromatic nitrogens is 2. The van der Waals surface area contributed by atoms with Gasteiger partial charge in [-0.2, -0.15) is 18.5 Å². The lowest BCUT2D eigenvalue weighted by Gasteiger charge is -2.14. The lowest BCUT2D eigenvalue weighted by atomic mass is 10.2. The van der Waals surface area contributed by atoms with Crippen LogP contribution in [0, 0.1) is 0 Å². The second-order valence-electron chi connectivity index (χ2n) is 9.19. The number of halogens is 1. The van der Waals surface area contributed by atoms with Crippen LogP contribution in [0.3, 0.4) is 0 Å². The summed E-state index contributed by atoms with van der Waals surface area (Å²) < 4.78 is 39.7. The highest BCUT2D eigenvalue weighted by Gasteiger charge is 2.33. The molecule has 0 fully saturated rings. The number of benzene rings is 2. The van der Waals surface area contributed by atoms with Crippen molar-refractivity contribution in [1.29, 1.82) is 0 Å². The Morgan fingerprint density at radius 3 is 2.30 bits per heavy atom. The minimum Gasteiger partial charge on any atom is -0.497 e. The van der Waals surface area contributed by atoms with Crippen molar-refractivity contribution in [3.05, 3.63) is 91.6 Å². The number of hydrogen-bond donors (Lipinski definition) is 1. The van der Waals surface area contributed by atoms with E-state index >= 15 is 0 Å². The summed E-state index contributed by atoms with van der Waals surface area (Å²) in [6.45, 7) is 1.64. The van der Waals surface area contributed by atoms with Crippen molar-refractivity contribution in [2.24, 2.45) is 12.1 Å². The number of fused-ring (bicyclic) bond motifs is 1. The van der Waals surface area contributed by atoms with Gasteiger partial charge < -0.3 is 14.2 Å². The number of rotatable bonds is 3. The zero-order chi connectivity index (χ0) is 31.1. The first-order chi connectivity index (χ1) is 20.4. The second-order valence-corrected chi connectivity index (χ2v) is 13.0. The van der Waals surface area contributed by atoms with Crippen LogP contribution in [0.4, 0.5) is 11.4 Å². The molecule has 0 atom stereocenters. The van der Waals surface area contributed by atoms with Crippen molar-refractivity contribution < 1.29 is 22.5 Å². The summed E-state index contributed by atoms with van der Waals surface area (Å²) in [6, 6.07) is 14.9. The molecule has 2 aromatic carbocycles. The third-order valence-electron chi connectivity index (χ3n) is 6.48. The zero-order valence-corrected chi connectivity index (χ0v) is 26.4. The van der Waals surface area contributed by atoms with Crippen LogP contribution < -0.4 is 29.4 Å². The van der Waals surface area contributed by atoms with Gasteiger partial charge in [0.25, 0.3) is 21.6 Å². The molecular formula is C28H24ClN5O6S3. The first kappa shape index (κ1) is 30.5. The lowest BCUT2D eigenvalue weighted by molar-refractivity contribution is -0.112. The number of ether oxygens (including phenoxy) is 1. The molecule has 6 rings (SSSR count). The second kappa shape index (κ2) is 12.0. The molecule has 0 saturated heterocycles. The number of hydrazone groups is 1. The first-order valence-electron chi connectivity index (χ1n) is 12.5. The summed E-state index contributed by atoms with van der Waals surface area (Å²) in [5, 5.41) is 6.02. The van der Waals surface area contributed by atoms with E-state index in [1.54, 1.807) is 33.5 Å². The van der Waals surface area contributed by atoms with E-state index in [0.29, 0.717) is 20.7 Å². The summed E-state index contributed by atoms with van der Waals surface area (Å²) in [7, 11) is 0.587. The fraction of sp³-hybridized carbons (Fsp3) is 0.143.